The molecule has 1 heterocycles. The number of aromatic amines is 1. The average molecular weight is 327 g/mol. The van der Waals surface area contributed by atoms with Crippen LogP contribution in [0.15, 0.2) is 42.5 Å². The number of methoxy groups -OCH3 is 1. The molecule has 0 atom stereocenters. The number of phenolic OH excluding ortho intramolecular Hbond substituents is 1. The van der Waals surface area contributed by atoms with Gasteiger partial charge in [-0.1, -0.05) is 32.0 Å². The number of benzene rings is 2. The van der Waals surface area contributed by atoms with Crippen LogP contribution in [0.3, 0.4) is 0 Å². The van der Waals surface area contributed by atoms with Crippen LogP contribution in [0.1, 0.15) is 19.4 Å². The zero-order chi connectivity index (χ0) is 17.5. The Morgan fingerprint density at radius 2 is 1.92 bits per heavy atom. The molecule has 0 aliphatic carbocycles. The highest BCUT2D eigenvalue weighted by Gasteiger charge is 2.14. The van der Waals surface area contributed by atoms with Gasteiger partial charge in [0.25, 0.3) is 0 Å². The number of hydrazine groups is 1. The Hall–Kier alpha value is -2.50. The maximum absolute atomic E-state index is 10.0. The number of ether oxygens (including phenoxy) is 1. The van der Waals surface area contributed by atoms with Gasteiger partial charge in [-0.05, 0) is 36.2 Å². The minimum Gasteiger partial charge on any atom is -0.504 e. The molecule has 0 spiro atoms. The van der Waals surface area contributed by atoms with Crippen LogP contribution < -0.4 is 16.0 Å². The van der Waals surface area contributed by atoms with E-state index in [1.807, 2.05) is 38.1 Å². The van der Waals surface area contributed by atoms with Crippen LogP contribution in [0.25, 0.3) is 22.2 Å². The first-order valence-electron chi connectivity index (χ1n) is 8.15. The first-order chi connectivity index (χ1) is 11.7. The van der Waals surface area contributed by atoms with Crippen LogP contribution in [-0.4, -0.2) is 23.7 Å². The van der Waals surface area contributed by atoms with Crippen molar-refractivity contribution >= 4 is 10.9 Å². The van der Waals surface area contributed by atoms with E-state index in [-0.39, 0.29) is 5.75 Å². The summed E-state index contributed by atoms with van der Waals surface area (Å²) in [4.78, 5) is 3.43. The van der Waals surface area contributed by atoms with Crippen molar-refractivity contribution in [3.8, 4) is 22.8 Å². The fraction of sp³-hybridized carbons (Fsp3) is 0.263. The van der Waals surface area contributed by atoms with E-state index in [1.54, 1.807) is 12.1 Å². The van der Waals surface area contributed by atoms with Crippen molar-refractivity contribution in [1.29, 1.82) is 0 Å². The summed E-state index contributed by atoms with van der Waals surface area (Å²) in [5, 5.41) is 11.2. The molecule has 0 saturated heterocycles. The number of hydrogen-bond donors (Lipinski definition) is 4. The van der Waals surface area contributed by atoms with Crippen LogP contribution in [0.2, 0.25) is 0 Å². The third kappa shape index (κ3) is 3.53. The molecule has 1 aromatic heterocycles. The highest BCUT2D eigenvalue weighted by Crippen LogP contribution is 2.35. The second kappa shape index (κ2) is 8.38. The monoisotopic (exact) mass is 327 g/mol. The Kier molecular flexibility index (Phi) is 6.23. The van der Waals surface area contributed by atoms with Crippen molar-refractivity contribution in [2.75, 3.05) is 13.7 Å². The van der Waals surface area contributed by atoms with Gasteiger partial charge in [-0.25, -0.2) is 0 Å². The fourth-order valence-corrected chi connectivity index (χ4v) is 2.75. The van der Waals surface area contributed by atoms with Crippen LogP contribution in [0, 0.1) is 0 Å². The lowest BCUT2D eigenvalue weighted by Crippen LogP contribution is -2.24. The number of rotatable bonds is 5. The lowest BCUT2D eigenvalue weighted by Gasteiger charge is -2.08. The highest BCUT2D eigenvalue weighted by atomic mass is 16.5. The van der Waals surface area contributed by atoms with Crippen molar-refractivity contribution in [3.63, 3.8) is 0 Å². The molecule has 5 heteroatoms. The fourth-order valence-electron chi connectivity index (χ4n) is 2.75. The highest BCUT2D eigenvalue weighted by molar-refractivity contribution is 5.91. The minimum absolute atomic E-state index is 0.126. The van der Waals surface area contributed by atoms with E-state index in [0.717, 1.165) is 23.2 Å². The van der Waals surface area contributed by atoms with Crippen LogP contribution in [0.5, 0.6) is 11.5 Å². The molecular formula is C19H25N3O2. The molecule has 0 saturated carbocycles. The summed E-state index contributed by atoms with van der Waals surface area (Å²) in [7, 11) is 1.54. The Balaban J connectivity index is 0.00000100. The molecule has 0 radical (unpaired) electrons. The predicted molar refractivity (Wildman–Crippen MR) is 99.2 cm³/mol. The standard InChI is InChI=1S/C17H19N3O2.C2H6/c1-22-16-7-6-11(10-15(16)21)17-13(8-9-19-18)12-4-2-3-5-14(12)20-17;1-2/h2-7,10,19-21H,8-9,18H2,1H3;1-2H3. The van der Waals surface area contributed by atoms with Crippen molar-refractivity contribution < 1.29 is 9.84 Å². The molecule has 128 valence electrons. The van der Waals surface area contributed by atoms with Crippen molar-refractivity contribution in [1.82, 2.24) is 10.4 Å². The van der Waals surface area contributed by atoms with Crippen LogP contribution >= 0.6 is 0 Å². The SMILES string of the molecule is CC.COc1ccc(-c2[nH]c3ccccc3c2CCNN)cc1O. The molecule has 0 bridgehead atoms. The Morgan fingerprint density at radius 3 is 2.58 bits per heavy atom. The molecule has 3 aromatic rings. The molecular weight excluding hydrogens is 302 g/mol. The number of para-hydroxylation sites is 1. The summed E-state index contributed by atoms with van der Waals surface area (Å²) >= 11 is 0. The minimum atomic E-state index is 0.126. The molecule has 0 amide bonds. The molecule has 0 fully saturated rings. The van der Waals surface area contributed by atoms with Gasteiger partial charge in [0.1, 0.15) is 0 Å². The van der Waals surface area contributed by atoms with Gasteiger partial charge in [-0.2, -0.15) is 0 Å². The molecule has 24 heavy (non-hydrogen) atoms. The predicted octanol–water partition coefficient (Wildman–Crippen LogP) is 3.58. The zero-order valence-corrected chi connectivity index (χ0v) is 14.4. The molecule has 0 unspecified atom stereocenters. The van der Waals surface area contributed by atoms with E-state index in [2.05, 4.69) is 16.5 Å². The number of hydrogen-bond acceptors (Lipinski definition) is 4. The lowest BCUT2D eigenvalue weighted by molar-refractivity contribution is 0.373. The summed E-state index contributed by atoms with van der Waals surface area (Å²) in [5.74, 6) is 6.01. The number of H-pyrrole nitrogens is 1. The first kappa shape index (κ1) is 17.8. The van der Waals surface area contributed by atoms with Gasteiger partial charge in [0.05, 0.1) is 7.11 Å². The van der Waals surface area contributed by atoms with E-state index in [9.17, 15) is 5.11 Å². The summed E-state index contributed by atoms with van der Waals surface area (Å²) in [6.07, 6.45) is 0.794. The first-order valence-corrected chi connectivity index (χ1v) is 8.15. The second-order valence-electron chi connectivity index (χ2n) is 5.11. The molecule has 5 nitrogen and oxygen atoms in total. The van der Waals surface area contributed by atoms with Gasteiger partial charge in [0.2, 0.25) is 0 Å². The van der Waals surface area contributed by atoms with E-state index in [1.165, 1.54) is 18.1 Å². The van der Waals surface area contributed by atoms with Gasteiger partial charge in [0.15, 0.2) is 11.5 Å². The molecule has 5 N–H and O–H groups in total. The van der Waals surface area contributed by atoms with E-state index < -0.39 is 0 Å². The number of nitrogens with one attached hydrogen (secondary N) is 2. The maximum Gasteiger partial charge on any atom is 0.160 e. The van der Waals surface area contributed by atoms with E-state index in [4.69, 9.17) is 10.6 Å². The summed E-state index contributed by atoms with van der Waals surface area (Å²) < 4.78 is 5.10. The second-order valence-corrected chi connectivity index (χ2v) is 5.11. The largest absolute Gasteiger partial charge is 0.504 e. The Bertz CT molecular complexity index is 796. The number of nitrogens with two attached hydrogens (primary N) is 1. The van der Waals surface area contributed by atoms with Gasteiger partial charge < -0.3 is 14.8 Å². The van der Waals surface area contributed by atoms with Gasteiger partial charge in [-0.15, -0.1) is 0 Å². The number of fused-ring (bicyclic) bond motifs is 1. The van der Waals surface area contributed by atoms with Crippen molar-refractivity contribution in [3.05, 3.63) is 48.0 Å². The van der Waals surface area contributed by atoms with E-state index >= 15 is 0 Å². The van der Waals surface area contributed by atoms with Gasteiger partial charge in [-0.3, -0.25) is 11.3 Å². The smallest absolute Gasteiger partial charge is 0.160 e. The molecule has 3 rings (SSSR count). The molecule has 0 aliphatic rings. The number of phenols is 1. The summed E-state index contributed by atoms with van der Waals surface area (Å²) in [6.45, 7) is 4.68. The third-order valence-corrected chi connectivity index (χ3v) is 3.80. The van der Waals surface area contributed by atoms with Gasteiger partial charge >= 0.3 is 0 Å². The topological polar surface area (TPSA) is 83.3 Å². The molecule has 2 aromatic carbocycles. The van der Waals surface area contributed by atoms with Crippen molar-refractivity contribution in [2.24, 2.45) is 5.84 Å². The number of aromatic hydroxyl groups is 1. The summed E-state index contributed by atoms with van der Waals surface area (Å²) in [5.41, 5.74) is 6.86. The van der Waals surface area contributed by atoms with Crippen LogP contribution in [0.4, 0.5) is 0 Å². The van der Waals surface area contributed by atoms with Crippen molar-refractivity contribution in [2.45, 2.75) is 20.3 Å². The van der Waals surface area contributed by atoms with E-state index in [0.29, 0.717) is 12.3 Å². The molecule has 0 aliphatic heterocycles. The average Bonchev–Trinajstić information content (AvgIpc) is 3.00. The Morgan fingerprint density at radius 1 is 1.17 bits per heavy atom. The lowest BCUT2D eigenvalue weighted by atomic mass is 10.0. The zero-order valence-electron chi connectivity index (χ0n) is 14.4. The quantitative estimate of drug-likeness (QED) is 0.426. The third-order valence-electron chi connectivity index (χ3n) is 3.80. The van der Waals surface area contributed by atoms with Gasteiger partial charge in [0, 0.05) is 28.7 Å². The normalized spacial score (nSPS) is 10.3. The Labute approximate surface area is 142 Å². The van der Waals surface area contributed by atoms with Crippen LogP contribution in [-0.2, 0) is 6.42 Å². The maximum atomic E-state index is 10.0. The summed E-state index contributed by atoms with van der Waals surface area (Å²) in [6, 6.07) is 13.6. The number of aromatic nitrogens is 1.